The summed E-state index contributed by atoms with van der Waals surface area (Å²) in [4.78, 5) is 28.8. The highest BCUT2D eigenvalue weighted by Gasteiger charge is 2.36. The highest BCUT2D eigenvalue weighted by atomic mass is 35.5. The number of rotatable bonds is 10. The van der Waals surface area contributed by atoms with Crippen LogP contribution in [0.5, 0.6) is 0 Å². The van der Waals surface area contributed by atoms with Gasteiger partial charge < -0.3 is 4.90 Å². The number of hydrogen-bond acceptors (Lipinski definition) is 5. The third-order valence-electron chi connectivity index (χ3n) is 7.28. The SMILES string of the molecule is O=C(CCC(=O)N1CCN(Cc2cc(Cl)cc(NS(=O)(=O)C3CC3)c2)CC1)CC1CCC(F)(F)CC1. The monoisotopic (exact) mass is 545 g/mol. The molecule has 2 saturated carbocycles. The van der Waals surface area contributed by atoms with E-state index in [9.17, 15) is 26.8 Å². The van der Waals surface area contributed by atoms with Gasteiger partial charge in [-0.05, 0) is 55.4 Å². The van der Waals surface area contributed by atoms with Crippen LogP contribution >= 0.6 is 11.6 Å². The summed E-state index contributed by atoms with van der Waals surface area (Å²) in [6.07, 6.45) is 2.40. The van der Waals surface area contributed by atoms with Crippen LogP contribution in [0.4, 0.5) is 14.5 Å². The Morgan fingerprint density at radius 3 is 2.31 bits per heavy atom. The molecule has 0 bridgehead atoms. The van der Waals surface area contributed by atoms with Gasteiger partial charge in [-0.15, -0.1) is 0 Å². The molecule has 1 aliphatic heterocycles. The molecule has 1 heterocycles. The Morgan fingerprint density at radius 2 is 1.67 bits per heavy atom. The second-order valence-corrected chi connectivity index (χ2v) is 12.8. The number of amides is 1. The molecule has 1 N–H and O–H groups in total. The lowest BCUT2D eigenvalue weighted by molar-refractivity contribution is -0.135. The van der Waals surface area contributed by atoms with Crippen LogP contribution in [-0.2, 0) is 26.2 Å². The van der Waals surface area contributed by atoms with Crippen molar-refractivity contribution >= 4 is 39.0 Å². The Bertz CT molecular complexity index is 1060. The number of carbonyl (C=O) groups excluding carboxylic acids is 2. The lowest BCUT2D eigenvalue weighted by Crippen LogP contribution is -2.48. The first-order valence-electron chi connectivity index (χ1n) is 12.7. The third kappa shape index (κ3) is 7.86. The molecule has 4 rings (SSSR count). The Labute approximate surface area is 216 Å². The molecule has 36 heavy (non-hydrogen) atoms. The van der Waals surface area contributed by atoms with Crippen LogP contribution in [0, 0.1) is 5.92 Å². The topological polar surface area (TPSA) is 86.8 Å². The van der Waals surface area contributed by atoms with Crippen LogP contribution in [0.15, 0.2) is 18.2 Å². The van der Waals surface area contributed by atoms with E-state index in [2.05, 4.69) is 9.62 Å². The second-order valence-electron chi connectivity index (χ2n) is 10.4. The maximum absolute atomic E-state index is 13.3. The maximum atomic E-state index is 13.3. The molecule has 0 spiro atoms. The van der Waals surface area contributed by atoms with Crippen molar-refractivity contribution < 1.29 is 26.8 Å². The lowest BCUT2D eigenvalue weighted by atomic mass is 9.83. The van der Waals surface area contributed by atoms with Crippen LogP contribution < -0.4 is 4.72 Å². The van der Waals surface area contributed by atoms with Gasteiger partial charge in [-0.3, -0.25) is 19.2 Å². The Hall–Kier alpha value is -1.78. The number of hydrogen-bond donors (Lipinski definition) is 1. The summed E-state index contributed by atoms with van der Waals surface area (Å²) in [6, 6.07) is 5.21. The highest BCUT2D eigenvalue weighted by molar-refractivity contribution is 7.93. The zero-order chi connectivity index (χ0) is 25.9. The summed E-state index contributed by atoms with van der Waals surface area (Å²) in [7, 11) is -3.37. The largest absolute Gasteiger partial charge is 0.340 e. The number of nitrogens with one attached hydrogen (secondary N) is 1. The van der Waals surface area contributed by atoms with E-state index in [1.165, 1.54) is 0 Å². The smallest absolute Gasteiger partial charge is 0.248 e. The molecule has 0 atom stereocenters. The number of nitrogens with zero attached hydrogens (tertiary/aromatic N) is 2. The van der Waals surface area contributed by atoms with Gasteiger partial charge in [-0.1, -0.05) is 11.6 Å². The second kappa shape index (κ2) is 11.3. The number of carbonyl (C=O) groups is 2. The number of sulfonamides is 1. The fraction of sp³-hybridized carbons (Fsp3) is 0.680. The molecule has 1 amide bonds. The van der Waals surface area contributed by atoms with Gasteiger partial charge in [0.1, 0.15) is 5.78 Å². The van der Waals surface area contributed by atoms with Gasteiger partial charge in [0.05, 0.1) is 10.9 Å². The molecule has 0 radical (unpaired) electrons. The van der Waals surface area contributed by atoms with Gasteiger partial charge in [0.25, 0.3) is 0 Å². The standard InChI is InChI=1S/C25H34ClF2N3O4S/c26-20-13-19(14-21(16-20)29-36(34,35)23-2-3-23)17-30-9-11-31(12-10-30)24(33)4-1-22(32)15-18-5-7-25(27,28)8-6-18/h13-14,16,18,23,29H,1-12,15,17H2. The number of ketones is 1. The highest BCUT2D eigenvalue weighted by Crippen LogP contribution is 2.37. The quantitative estimate of drug-likeness (QED) is 0.469. The molecule has 0 aromatic heterocycles. The zero-order valence-electron chi connectivity index (χ0n) is 20.4. The number of benzene rings is 1. The minimum absolute atomic E-state index is 0.00629. The van der Waals surface area contributed by atoms with Crippen LogP contribution in [0.2, 0.25) is 5.02 Å². The minimum atomic E-state index is -3.37. The first kappa shape index (κ1) is 27.3. The Balaban J connectivity index is 1.19. The van der Waals surface area contributed by atoms with Gasteiger partial charge >= 0.3 is 0 Å². The van der Waals surface area contributed by atoms with Gasteiger partial charge in [0, 0.05) is 69.9 Å². The maximum Gasteiger partial charge on any atom is 0.248 e. The molecule has 200 valence electrons. The first-order chi connectivity index (χ1) is 17.0. The Morgan fingerprint density at radius 1 is 1.00 bits per heavy atom. The van der Waals surface area contributed by atoms with E-state index in [4.69, 9.17) is 11.6 Å². The lowest BCUT2D eigenvalue weighted by Gasteiger charge is -2.35. The fourth-order valence-corrected chi connectivity index (χ4v) is 6.60. The molecule has 1 saturated heterocycles. The molecule has 11 heteroatoms. The molecule has 3 aliphatic rings. The molecular weight excluding hydrogens is 512 g/mol. The summed E-state index contributed by atoms with van der Waals surface area (Å²) in [5.41, 5.74) is 1.35. The molecule has 1 aromatic carbocycles. The number of alkyl halides is 2. The van der Waals surface area contributed by atoms with Gasteiger partial charge in [-0.2, -0.15) is 0 Å². The van der Waals surface area contributed by atoms with Crippen molar-refractivity contribution in [2.45, 2.75) is 75.5 Å². The van der Waals surface area contributed by atoms with Gasteiger partial charge in [0.2, 0.25) is 21.9 Å². The summed E-state index contributed by atoms with van der Waals surface area (Å²) in [6.45, 7) is 3.00. The summed E-state index contributed by atoms with van der Waals surface area (Å²) in [5, 5.41) is 0.141. The van der Waals surface area contributed by atoms with Crippen molar-refractivity contribution in [1.29, 1.82) is 0 Å². The van der Waals surface area contributed by atoms with Crippen LogP contribution in [0.25, 0.3) is 0 Å². The number of halogens is 3. The minimum Gasteiger partial charge on any atom is -0.340 e. The number of Topliss-reactive ketones (excluding diaryl/α,β-unsaturated/α-hetero) is 1. The summed E-state index contributed by atoms with van der Waals surface area (Å²) in [5.74, 6) is -2.67. The molecular formula is C25H34ClF2N3O4S. The van der Waals surface area contributed by atoms with Crippen LogP contribution in [-0.4, -0.2) is 67.3 Å². The average Bonchev–Trinajstić information content (AvgIpc) is 3.65. The van der Waals surface area contributed by atoms with Crippen molar-refractivity contribution in [3.63, 3.8) is 0 Å². The van der Waals surface area contributed by atoms with Crippen LogP contribution in [0.3, 0.4) is 0 Å². The normalized spacial score (nSPS) is 21.4. The van der Waals surface area contributed by atoms with Crippen molar-refractivity contribution in [3.8, 4) is 0 Å². The first-order valence-corrected chi connectivity index (χ1v) is 14.6. The molecule has 7 nitrogen and oxygen atoms in total. The van der Waals surface area contributed by atoms with E-state index >= 15 is 0 Å². The van der Waals surface area contributed by atoms with E-state index in [1.807, 2.05) is 6.07 Å². The van der Waals surface area contributed by atoms with E-state index in [1.54, 1.807) is 17.0 Å². The van der Waals surface area contributed by atoms with Crippen LogP contribution in [0.1, 0.15) is 63.4 Å². The van der Waals surface area contributed by atoms with Crippen molar-refractivity contribution in [1.82, 2.24) is 9.80 Å². The molecule has 2 aliphatic carbocycles. The van der Waals surface area contributed by atoms with Gasteiger partial charge in [0.15, 0.2) is 0 Å². The fourth-order valence-electron chi connectivity index (χ4n) is 4.97. The van der Waals surface area contributed by atoms with E-state index in [0.717, 1.165) is 5.56 Å². The third-order valence-corrected chi connectivity index (χ3v) is 9.37. The molecule has 0 unspecified atom stereocenters. The summed E-state index contributed by atoms with van der Waals surface area (Å²) < 4.78 is 53.7. The van der Waals surface area contributed by atoms with Crippen molar-refractivity contribution in [2.75, 3.05) is 30.9 Å². The van der Waals surface area contributed by atoms with E-state index in [-0.39, 0.29) is 55.0 Å². The van der Waals surface area contributed by atoms with Crippen molar-refractivity contribution in [3.05, 3.63) is 28.8 Å². The summed E-state index contributed by atoms with van der Waals surface area (Å²) >= 11 is 6.22. The average molecular weight is 546 g/mol. The predicted molar refractivity (Wildman–Crippen MR) is 135 cm³/mol. The molecule has 3 fully saturated rings. The van der Waals surface area contributed by atoms with Crippen molar-refractivity contribution in [2.24, 2.45) is 5.92 Å². The number of anilines is 1. The predicted octanol–water partition coefficient (Wildman–Crippen LogP) is 4.45. The van der Waals surface area contributed by atoms with Gasteiger partial charge in [-0.25, -0.2) is 17.2 Å². The zero-order valence-corrected chi connectivity index (χ0v) is 21.9. The van der Waals surface area contributed by atoms with E-state index < -0.39 is 15.9 Å². The molecule has 1 aromatic rings. The number of piperazine rings is 1. The van der Waals surface area contributed by atoms with E-state index in [0.29, 0.717) is 69.1 Å². The Kier molecular flexibility index (Phi) is 8.56.